The molecule has 1 aliphatic heterocycles. The highest BCUT2D eigenvalue weighted by Crippen LogP contribution is 2.49. The Morgan fingerprint density at radius 2 is 1.74 bits per heavy atom. The Bertz CT molecular complexity index is 792. The standard InChI is InChI=1S/C22H27ClN2OS/c1-3-24(4-2)15-9-5-6-12-22(26)25-18-10-7-8-11-20(18)27-21-14-13-17(23)16-19(21)25/h7-8,10-11,13-14,16H,3-6,9,12,15H2,1-2H3. The van der Waals surface area contributed by atoms with E-state index in [-0.39, 0.29) is 5.91 Å². The second-order valence-electron chi connectivity index (χ2n) is 6.75. The van der Waals surface area contributed by atoms with E-state index in [9.17, 15) is 4.79 Å². The van der Waals surface area contributed by atoms with E-state index in [4.69, 9.17) is 11.6 Å². The summed E-state index contributed by atoms with van der Waals surface area (Å²) in [5.74, 6) is 0.147. The van der Waals surface area contributed by atoms with Gasteiger partial charge in [-0.2, -0.15) is 0 Å². The van der Waals surface area contributed by atoms with Crippen molar-refractivity contribution < 1.29 is 4.79 Å². The number of halogens is 1. The first-order chi connectivity index (χ1) is 13.1. The molecule has 0 atom stereocenters. The van der Waals surface area contributed by atoms with Crippen molar-refractivity contribution in [3.05, 3.63) is 47.5 Å². The number of carbonyl (C=O) groups excluding carboxylic acids is 1. The normalized spacial score (nSPS) is 12.8. The average molecular weight is 403 g/mol. The van der Waals surface area contributed by atoms with Gasteiger partial charge in [0.1, 0.15) is 0 Å². The zero-order valence-corrected chi connectivity index (χ0v) is 17.7. The molecule has 0 bridgehead atoms. The summed E-state index contributed by atoms with van der Waals surface area (Å²) in [5, 5.41) is 0.658. The van der Waals surface area contributed by atoms with Crippen LogP contribution < -0.4 is 4.90 Å². The van der Waals surface area contributed by atoms with Crippen molar-refractivity contribution in [3.63, 3.8) is 0 Å². The number of nitrogens with zero attached hydrogens (tertiary/aromatic N) is 2. The summed E-state index contributed by atoms with van der Waals surface area (Å²) in [6.45, 7) is 7.69. The van der Waals surface area contributed by atoms with E-state index < -0.39 is 0 Å². The Hall–Kier alpha value is -1.49. The van der Waals surface area contributed by atoms with E-state index in [2.05, 4.69) is 24.8 Å². The summed E-state index contributed by atoms with van der Waals surface area (Å²) in [4.78, 5) is 19.6. The molecule has 0 spiro atoms. The molecule has 0 fully saturated rings. The van der Waals surface area contributed by atoms with Gasteiger partial charge in [-0.05, 0) is 62.8 Å². The van der Waals surface area contributed by atoms with Crippen LogP contribution in [0.1, 0.15) is 39.5 Å². The maximum atomic E-state index is 13.1. The number of anilines is 2. The topological polar surface area (TPSA) is 23.6 Å². The van der Waals surface area contributed by atoms with Gasteiger partial charge in [0.2, 0.25) is 5.91 Å². The third kappa shape index (κ3) is 4.87. The number of carbonyl (C=O) groups is 1. The van der Waals surface area contributed by atoms with Gasteiger partial charge in [-0.15, -0.1) is 0 Å². The molecule has 1 amide bonds. The Morgan fingerprint density at radius 1 is 1.00 bits per heavy atom. The van der Waals surface area contributed by atoms with Crippen LogP contribution >= 0.6 is 23.4 Å². The fourth-order valence-electron chi connectivity index (χ4n) is 3.44. The van der Waals surface area contributed by atoms with Crippen LogP contribution in [0.4, 0.5) is 11.4 Å². The molecule has 0 aromatic heterocycles. The molecule has 3 nitrogen and oxygen atoms in total. The molecule has 2 aromatic carbocycles. The lowest BCUT2D eigenvalue weighted by molar-refractivity contribution is -0.118. The number of benzene rings is 2. The Labute approximate surface area is 171 Å². The third-order valence-corrected chi connectivity index (χ3v) is 6.36. The Kier molecular flexibility index (Phi) is 7.22. The number of hydrogen-bond acceptors (Lipinski definition) is 3. The van der Waals surface area contributed by atoms with Crippen molar-refractivity contribution in [2.24, 2.45) is 0 Å². The molecule has 0 saturated heterocycles. The van der Waals surface area contributed by atoms with Crippen LogP contribution in [-0.4, -0.2) is 30.4 Å². The summed E-state index contributed by atoms with van der Waals surface area (Å²) >= 11 is 7.92. The highest BCUT2D eigenvalue weighted by atomic mass is 35.5. The smallest absolute Gasteiger partial charge is 0.231 e. The van der Waals surface area contributed by atoms with Gasteiger partial charge in [0.25, 0.3) is 0 Å². The molecule has 0 N–H and O–H groups in total. The Balaban J connectivity index is 1.68. The van der Waals surface area contributed by atoms with Gasteiger partial charge >= 0.3 is 0 Å². The number of hydrogen-bond donors (Lipinski definition) is 0. The highest BCUT2D eigenvalue weighted by molar-refractivity contribution is 7.99. The molecule has 0 unspecified atom stereocenters. The summed E-state index contributed by atoms with van der Waals surface area (Å²) in [7, 11) is 0. The zero-order chi connectivity index (χ0) is 19.2. The van der Waals surface area contributed by atoms with Crippen LogP contribution in [0.15, 0.2) is 52.3 Å². The Morgan fingerprint density at radius 3 is 2.52 bits per heavy atom. The predicted molar refractivity (Wildman–Crippen MR) is 115 cm³/mol. The first-order valence-electron chi connectivity index (χ1n) is 9.75. The summed E-state index contributed by atoms with van der Waals surface area (Å²) in [6, 6.07) is 13.9. The maximum Gasteiger partial charge on any atom is 0.231 e. The van der Waals surface area contributed by atoms with E-state index in [0.717, 1.165) is 60.1 Å². The van der Waals surface area contributed by atoms with Crippen molar-refractivity contribution in [1.29, 1.82) is 0 Å². The number of para-hydroxylation sites is 1. The van der Waals surface area contributed by atoms with Crippen molar-refractivity contribution in [2.45, 2.75) is 49.3 Å². The van der Waals surface area contributed by atoms with Gasteiger partial charge in [0.05, 0.1) is 11.4 Å². The highest BCUT2D eigenvalue weighted by Gasteiger charge is 2.27. The molecular formula is C22H27ClN2OS. The van der Waals surface area contributed by atoms with E-state index in [1.165, 1.54) is 0 Å². The number of amides is 1. The summed E-state index contributed by atoms with van der Waals surface area (Å²) in [6.07, 6.45) is 3.70. The van der Waals surface area contributed by atoms with E-state index in [1.807, 2.05) is 41.3 Å². The van der Waals surface area contributed by atoms with Gasteiger partial charge in [-0.3, -0.25) is 9.69 Å². The van der Waals surface area contributed by atoms with Crippen LogP contribution in [0.3, 0.4) is 0 Å². The van der Waals surface area contributed by atoms with Crippen LogP contribution in [0.2, 0.25) is 5.02 Å². The third-order valence-electron chi connectivity index (χ3n) is 5.00. The molecule has 3 rings (SSSR count). The number of rotatable bonds is 8. The molecule has 1 aliphatic rings. The first-order valence-corrected chi connectivity index (χ1v) is 10.9. The average Bonchev–Trinajstić information content (AvgIpc) is 2.68. The largest absolute Gasteiger partial charge is 0.304 e. The van der Waals surface area contributed by atoms with Gasteiger partial charge in [-0.25, -0.2) is 0 Å². The monoisotopic (exact) mass is 402 g/mol. The minimum atomic E-state index is 0.147. The van der Waals surface area contributed by atoms with Crippen molar-refractivity contribution in [2.75, 3.05) is 24.5 Å². The van der Waals surface area contributed by atoms with Crippen molar-refractivity contribution >= 4 is 40.6 Å². The molecule has 0 saturated carbocycles. The van der Waals surface area contributed by atoms with Gasteiger partial charge in [-0.1, -0.05) is 55.8 Å². The van der Waals surface area contributed by atoms with Crippen LogP contribution in [-0.2, 0) is 4.79 Å². The summed E-state index contributed by atoms with van der Waals surface area (Å²) in [5.41, 5.74) is 1.87. The second kappa shape index (κ2) is 9.63. The van der Waals surface area contributed by atoms with Crippen LogP contribution in [0, 0.1) is 0 Å². The zero-order valence-electron chi connectivity index (χ0n) is 16.1. The number of unbranched alkanes of at least 4 members (excludes halogenated alkanes) is 2. The fourth-order valence-corrected chi connectivity index (χ4v) is 4.64. The van der Waals surface area contributed by atoms with Gasteiger partial charge < -0.3 is 4.90 Å². The van der Waals surface area contributed by atoms with E-state index >= 15 is 0 Å². The summed E-state index contributed by atoms with van der Waals surface area (Å²) < 4.78 is 0. The molecule has 27 heavy (non-hydrogen) atoms. The second-order valence-corrected chi connectivity index (χ2v) is 8.27. The number of fused-ring (bicyclic) bond motifs is 2. The first kappa shape index (κ1) is 20.2. The van der Waals surface area contributed by atoms with E-state index in [1.54, 1.807) is 11.8 Å². The lowest BCUT2D eigenvalue weighted by Crippen LogP contribution is -2.28. The maximum absolute atomic E-state index is 13.1. The molecule has 2 aromatic rings. The fraction of sp³-hybridized carbons (Fsp3) is 0.409. The minimum Gasteiger partial charge on any atom is -0.304 e. The molecule has 5 heteroatoms. The quantitative estimate of drug-likeness (QED) is 0.479. The van der Waals surface area contributed by atoms with Crippen LogP contribution in [0.25, 0.3) is 0 Å². The molecule has 0 aliphatic carbocycles. The predicted octanol–water partition coefficient (Wildman–Crippen LogP) is 6.37. The van der Waals surface area contributed by atoms with Crippen molar-refractivity contribution in [1.82, 2.24) is 4.90 Å². The van der Waals surface area contributed by atoms with Crippen LogP contribution in [0.5, 0.6) is 0 Å². The van der Waals surface area contributed by atoms with E-state index in [0.29, 0.717) is 11.4 Å². The molecular weight excluding hydrogens is 376 g/mol. The van der Waals surface area contributed by atoms with Gasteiger partial charge in [0, 0.05) is 21.2 Å². The molecule has 0 radical (unpaired) electrons. The lowest BCUT2D eigenvalue weighted by Gasteiger charge is -2.31. The van der Waals surface area contributed by atoms with Gasteiger partial charge in [0.15, 0.2) is 0 Å². The molecule has 1 heterocycles. The lowest BCUT2D eigenvalue weighted by atomic mass is 10.1. The minimum absolute atomic E-state index is 0.147. The SMILES string of the molecule is CCN(CC)CCCCCC(=O)N1c2ccccc2Sc2ccc(Cl)cc21. The van der Waals surface area contributed by atoms with Crippen molar-refractivity contribution in [3.8, 4) is 0 Å². The molecule has 144 valence electrons.